The summed E-state index contributed by atoms with van der Waals surface area (Å²) in [6.45, 7) is 10.4. The van der Waals surface area contributed by atoms with Crippen LogP contribution >= 0.6 is 11.6 Å². The van der Waals surface area contributed by atoms with Crippen LogP contribution in [0.15, 0.2) is 60.8 Å². The van der Waals surface area contributed by atoms with Gasteiger partial charge in [-0.15, -0.1) is 10.2 Å². The van der Waals surface area contributed by atoms with Crippen molar-refractivity contribution in [1.29, 1.82) is 0 Å². The number of nitrogens with one attached hydrogen (secondary N) is 2. The van der Waals surface area contributed by atoms with Crippen molar-refractivity contribution in [2.24, 2.45) is 7.05 Å². The van der Waals surface area contributed by atoms with Crippen molar-refractivity contribution in [1.82, 2.24) is 30.3 Å². The molecule has 0 radical (unpaired) electrons. The molecule has 284 valence electrons. The number of carbonyl (C=O) groups excluding carboxylic acids is 3. The van der Waals surface area contributed by atoms with Gasteiger partial charge in [0.1, 0.15) is 28.3 Å². The summed E-state index contributed by atoms with van der Waals surface area (Å²) in [5, 5.41) is 19.0. The number of methoxy groups -OCH3 is 1. The molecule has 0 fully saturated rings. The van der Waals surface area contributed by atoms with Crippen molar-refractivity contribution in [2.75, 3.05) is 31.0 Å². The molecular formula is C38H43ClN8O7. The van der Waals surface area contributed by atoms with E-state index in [0.717, 1.165) is 15.8 Å². The standard InChI is InChI=1S/C38H43ClN8O7/c1-37(2,3)53-35(49)47(36(50)54-38(4,5)6)30-14-13-23-11-10-12-28(31(23)42-30)52-18-16-22-19-24(25-15-17-46(8)45-25)33(51-9)27(20-22)41-26-21-29(39)43-44-32(26)34(48)40-7/h10-15,17,19-21H,16,18H2,1-9H3,(H,40,48)(H,41,43). The van der Waals surface area contributed by atoms with Gasteiger partial charge < -0.3 is 29.6 Å². The summed E-state index contributed by atoms with van der Waals surface area (Å²) in [6.07, 6.45) is 0.375. The molecule has 0 unspecified atom stereocenters. The van der Waals surface area contributed by atoms with Gasteiger partial charge in [0.05, 0.1) is 30.8 Å². The van der Waals surface area contributed by atoms with Gasteiger partial charge in [-0.1, -0.05) is 23.7 Å². The maximum atomic E-state index is 13.3. The van der Waals surface area contributed by atoms with Gasteiger partial charge in [-0.05, 0) is 83.5 Å². The van der Waals surface area contributed by atoms with Crippen LogP contribution in [0.1, 0.15) is 57.6 Å². The number of amides is 3. The van der Waals surface area contributed by atoms with Crippen molar-refractivity contribution in [3.8, 4) is 22.8 Å². The molecule has 0 bridgehead atoms. The van der Waals surface area contributed by atoms with Crippen LogP contribution < -0.4 is 25.0 Å². The van der Waals surface area contributed by atoms with Crippen LogP contribution in [0.2, 0.25) is 5.15 Å². The molecule has 2 aromatic carbocycles. The zero-order valence-corrected chi connectivity index (χ0v) is 32.4. The minimum atomic E-state index is -0.929. The second kappa shape index (κ2) is 16.0. The van der Waals surface area contributed by atoms with E-state index in [0.29, 0.717) is 46.1 Å². The van der Waals surface area contributed by atoms with Crippen LogP contribution in [-0.2, 0) is 22.9 Å². The highest BCUT2D eigenvalue weighted by atomic mass is 35.5. The van der Waals surface area contributed by atoms with Crippen molar-refractivity contribution in [3.63, 3.8) is 0 Å². The first-order valence-electron chi connectivity index (χ1n) is 17.0. The minimum Gasteiger partial charge on any atom is -0.494 e. The van der Waals surface area contributed by atoms with Crippen LogP contribution in [-0.4, -0.2) is 75.0 Å². The van der Waals surface area contributed by atoms with Gasteiger partial charge in [0.2, 0.25) is 0 Å². The second-order valence-corrected chi connectivity index (χ2v) is 14.5. The Balaban J connectivity index is 1.49. The predicted octanol–water partition coefficient (Wildman–Crippen LogP) is 7.49. The number of hydrogen-bond donors (Lipinski definition) is 2. The fraction of sp³-hybridized carbons (Fsp3) is 0.342. The smallest absolute Gasteiger partial charge is 0.425 e. The Hall–Kier alpha value is -5.96. The van der Waals surface area contributed by atoms with Gasteiger partial charge in [-0.3, -0.25) is 9.48 Å². The summed E-state index contributed by atoms with van der Waals surface area (Å²) < 4.78 is 25.0. The molecule has 0 atom stereocenters. The number of aryl methyl sites for hydroxylation is 1. The van der Waals surface area contributed by atoms with Gasteiger partial charge in [-0.2, -0.15) is 10.00 Å². The molecule has 3 amide bonds. The monoisotopic (exact) mass is 758 g/mol. The first-order chi connectivity index (χ1) is 25.5. The number of ether oxygens (including phenoxy) is 4. The normalized spacial score (nSPS) is 11.5. The van der Waals surface area contributed by atoms with E-state index in [2.05, 4.69) is 30.9 Å². The van der Waals surface area contributed by atoms with E-state index in [1.807, 2.05) is 43.6 Å². The average molecular weight is 759 g/mol. The molecule has 0 saturated heterocycles. The zero-order valence-electron chi connectivity index (χ0n) is 31.6. The summed E-state index contributed by atoms with van der Waals surface area (Å²) in [5.41, 5.74) is 1.71. The number of nitrogens with zero attached hydrogens (tertiary/aromatic N) is 6. The summed E-state index contributed by atoms with van der Waals surface area (Å²) in [5.74, 6) is 0.448. The Morgan fingerprint density at radius 1 is 0.907 bits per heavy atom. The number of para-hydroxylation sites is 1. The molecule has 5 rings (SSSR count). The van der Waals surface area contributed by atoms with Crippen LogP contribution in [0.3, 0.4) is 0 Å². The summed E-state index contributed by atoms with van der Waals surface area (Å²) in [4.78, 5) is 44.7. The fourth-order valence-corrected chi connectivity index (χ4v) is 5.44. The highest BCUT2D eigenvalue weighted by Crippen LogP contribution is 2.39. The average Bonchev–Trinajstić information content (AvgIpc) is 3.52. The lowest BCUT2D eigenvalue weighted by Gasteiger charge is -2.28. The number of imide groups is 1. The molecule has 15 nitrogen and oxygen atoms in total. The first-order valence-corrected chi connectivity index (χ1v) is 17.4. The quantitative estimate of drug-likeness (QED) is 0.144. The third kappa shape index (κ3) is 9.52. The van der Waals surface area contributed by atoms with Crippen molar-refractivity contribution in [3.05, 3.63) is 77.2 Å². The van der Waals surface area contributed by atoms with E-state index in [4.69, 9.17) is 30.5 Å². The lowest BCUT2D eigenvalue weighted by atomic mass is 10.0. The highest BCUT2D eigenvalue weighted by Gasteiger charge is 2.34. The van der Waals surface area contributed by atoms with E-state index in [1.165, 1.54) is 13.1 Å². The third-order valence-electron chi connectivity index (χ3n) is 7.52. The summed E-state index contributed by atoms with van der Waals surface area (Å²) in [7, 11) is 4.85. The van der Waals surface area contributed by atoms with Crippen LogP contribution in [0, 0.1) is 0 Å². The molecular weight excluding hydrogens is 716 g/mol. The van der Waals surface area contributed by atoms with Gasteiger partial charge in [0.25, 0.3) is 5.91 Å². The van der Waals surface area contributed by atoms with Gasteiger partial charge in [0, 0.05) is 43.7 Å². The van der Waals surface area contributed by atoms with E-state index >= 15 is 0 Å². The number of aromatic nitrogens is 5. The number of benzene rings is 2. The topological polar surface area (TPSA) is 172 Å². The molecule has 0 spiro atoms. The number of hydrogen-bond acceptors (Lipinski definition) is 12. The number of carbonyl (C=O) groups is 3. The molecule has 5 aromatic rings. The van der Waals surface area contributed by atoms with Crippen LogP contribution in [0.4, 0.5) is 26.8 Å². The third-order valence-corrected chi connectivity index (χ3v) is 7.70. The molecule has 0 aliphatic heterocycles. The van der Waals surface area contributed by atoms with Crippen molar-refractivity contribution < 1.29 is 33.3 Å². The Morgan fingerprint density at radius 3 is 2.22 bits per heavy atom. The molecule has 16 heteroatoms. The number of halogens is 1. The highest BCUT2D eigenvalue weighted by molar-refractivity contribution is 6.29. The number of rotatable bonds is 10. The fourth-order valence-electron chi connectivity index (χ4n) is 5.30. The van der Waals surface area contributed by atoms with Crippen molar-refractivity contribution in [2.45, 2.75) is 59.2 Å². The van der Waals surface area contributed by atoms with Crippen molar-refractivity contribution >= 4 is 57.8 Å². The SMILES string of the molecule is CNC(=O)c1nnc(Cl)cc1Nc1cc(CCOc2cccc3ccc(N(C(=O)OC(C)(C)C)C(=O)OC(C)(C)C)nc23)cc(-c2ccn(C)n2)c1OC. The number of fused-ring (bicyclic) bond motifs is 1. The van der Waals surface area contributed by atoms with E-state index in [9.17, 15) is 14.4 Å². The summed E-state index contributed by atoms with van der Waals surface area (Å²) >= 11 is 6.18. The Labute approximate surface area is 317 Å². The minimum absolute atomic E-state index is 0.00903. The van der Waals surface area contributed by atoms with Gasteiger partial charge >= 0.3 is 12.2 Å². The van der Waals surface area contributed by atoms with E-state index < -0.39 is 29.3 Å². The molecule has 3 heterocycles. The Morgan fingerprint density at radius 2 is 1.61 bits per heavy atom. The molecule has 2 N–H and O–H groups in total. The van der Waals surface area contributed by atoms with E-state index in [-0.39, 0.29) is 23.3 Å². The molecule has 0 aliphatic rings. The van der Waals surface area contributed by atoms with Crippen LogP contribution in [0.5, 0.6) is 11.5 Å². The maximum absolute atomic E-state index is 13.3. The lowest BCUT2D eigenvalue weighted by Crippen LogP contribution is -2.44. The number of anilines is 3. The molecule has 0 saturated carbocycles. The zero-order chi connectivity index (χ0) is 39.4. The lowest BCUT2D eigenvalue weighted by molar-refractivity contribution is 0.0428. The molecule has 54 heavy (non-hydrogen) atoms. The van der Waals surface area contributed by atoms with Gasteiger partial charge in [0.15, 0.2) is 16.6 Å². The van der Waals surface area contributed by atoms with Crippen LogP contribution in [0.25, 0.3) is 22.2 Å². The molecule has 0 aliphatic carbocycles. The predicted molar refractivity (Wildman–Crippen MR) is 205 cm³/mol. The second-order valence-electron chi connectivity index (χ2n) is 14.1. The maximum Gasteiger partial charge on any atom is 0.425 e. The first kappa shape index (κ1) is 39.3. The largest absolute Gasteiger partial charge is 0.494 e. The van der Waals surface area contributed by atoms with E-state index in [1.54, 1.807) is 71.5 Å². The Bertz CT molecular complexity index is 2170. The number of pyridine rings is 1. The van der Waals surface area contributed by atoms with Gasteiger partial charge in [-0.25, -0.2) is 14.6 Å². The molecule has 3 aromatic heterocycles. The summed E-state index contributed by atoms with van der Waals surface area (Å²) in [6, 6.07) is 15.9. The Kier molecular flexibility index (Phi) is 11.6.